The summed E-state index contributed by atoms with van der Waals surface area (Å²) >= 11 is 7.15. The summed E-state index contributed by atoms with van der Waals surface area (Å²) in [6.45, 7) is 2.15. The van der Waals surface area contributed by atoms with Crippen molar-refractivity contribution in [3.8, 4) is 5.69 Å². The highest BCUT2D eigenvalue weighted by Gasteiger charge is 2.21. The highest BCUT2D eigenvalue weighted by molar-refractivity contribution is 7.99. The molecule has 0 aliphatic heterocycles. The van der Waals surface area contributed by atoms with Gasteiger partial charge in [0.2, 0.25) is 5.91 Å². The Labute approximate surface area is 158 Å². The molecule has 2 rings (SSSR count). The number of carbonyl (C=O) groups is 1. The van der Waals surface area contributed by atoms with Gasteiger partial charge in [-0.25, -0.2) is 17.9 Å². The highest BCUT2D eigenvalue weighted by atomic mass is 35.5. The zero-order valence-electron chi connectivity index (χ0n) is 14.0. The van der Waals surface area contributed by atoms with Crippen LogP contribution in [0.1, 0.15) is 13.3 Å². The Morgan fingerprint density at radius 1 is 1.42 bits per heavy atom. The van der Waals surface area contributed by atoms with Crippen molar-refractivity contribution in [3.63, 3.8) is 0 Å². The Morgan fingerprint density at radius 2 is 2.19 bits per heavy atom. The first-order valence-electron chi connectivity index (χ1n) is 7.90. The fraction of sp³-hybridized carbons (Fsp3) is 0.438. The van der Waals surface area contributed by atoms with Gasteiger partial charge >= 0.3 is 0 Å². The first-order chi connectivity index (χ1) is 12.4. The number of aromatic nitrogens is 3. The molecule has 2 aromatic heterocycles. The van der Waals surface area contributed by atoms with E-state index in [0.29, 0.717) is 17.9 Å². The summed E-state index contributed by atoms with van der Waals surface area (Å²) in [4.78, 5) is 17.9. The molecule has 0 radical (unpaired) electrons. The first kappa shape index (κ1) is 20.6. The van der Waals surface area contributed by atoms with Crippen LogP contribution < -0.4 is 4.90 Å². The summed E-state index contributed by atoms with van der Waals surface area (Å²) in [7, 11) is 0. The molecule has 0 aromatic carbocycles. The van der Waals surface area contributed by atoms with Crippen LogP contribution in [0.3, 0.4) is 0 Å². The van der Waals surface area contributed by atoms with Gasteiger partial charge in [0.05, 0.1) is 18.1 Å². The number of anilines is 1. The third-order valence-corrected chi connectivity index (χ3v) is 4.80. The van der Waals surface area contributed by atoms with E-state index in [-0.39, 0.29) is 29.0 Å². The minimum atomic E-state index is -3.00. The molecule has 0 aliphatic carbocycles. The van der Waals surface area contributed by atoms with Crippen molar-refractivity contribution in [2.75, 3.05) is 23.0 Å². The average Bonchev–Trinajstić information content (AvgIpc) is 3.01. The molecule has 5 nitrogen and oxygen atoms in total. The van der Waals surface area contributed by atoms with Crippen LogP contribution in [0.5, 0.6) is 0 Å². The predicted molar refractivity (Wildman–Crippen MR) is 97.2 cm³/mol. The monoisotopic (exact) mass is 406 g/mol. The lowest BCUT2D eigenvalue weighted by molar-refractivity contribution is -0.118. The van der Waals surface area contributed by atoms with Gasteiger partial charge in [-0.05, 0) is 19.1 Å². The lowest BCUT2D eigenvalue weighted by Crippen LogP contribution is -2.31. The number of carbonyl (C=O) groups excluding carboxylic acids is 1. The van der Waals surface area contributed by atoms with E-state index in [9.17, 15) is 18.0 Å². The van der Waals surface area contributed by atoms with Gasteiger partial charge < -0.3 is 4.90 Å². The number of thioether (sulfide) groups is 1. The summed E-state index contributed by atoms with van der Waals surface area (Å²) in [6, 6.07) is 3.55. The maximum atomic E-state index is 12.9. The minimum Gasteiger partial charge on any atom is -0.308 e. The number of hydrogen-bond acceptors (Lipinski definition) is 4. The van der Waals surface area contributed by atoms with E-state index in [2.05, 4.69) is 10.1 Å². The molecule has 10 heteroatoms. The second kappa shape index (κ2) is 9.82. The zero-order chi connectivity index (χ0) is 19.1. The van der Waals surface area contributed by atoms with Crippen LogP contribution in [0.4, 0.5) is 18.9 Å². The van der Waals surface area contributed by atoms with E-state index in [0.717, 1.165) is 11.8 Å². The lowest BCUT2D eigenvalue weighted by Gasteiger charge is -2.19. The van der Waals surface area contributed by atoms with Gasteiger partial charge in [0, 0.05) is 30.7 Å². The van der Waals surface area contributed by atoms with Crippen molar-refractivity contribution in [2.24, 2.45) is 0 Å². The SMILES string of the molecule is CCN(C(=O)CCSCC(F)C(F)F)c1cn(-c2cccnc2)nc1Cl. The molecule has 1 amide bonds. The van der Waals surface area contributed by atoms with E-state index in [4.69, 9.17) is 11.6 Å². The van der Waals surface area contributed by atoms with Gasteiger partial charge in [0.25, 0.3) is 6.43 Å². The number of nitrogens with zero attached hydrogens (tertiary/aromatic N) is 4. The van der Waals surface area contributed by atoms with Crippen molar-refractivity contribution in [3.05, 3.63) is 35.9 Å². The van der Waals surface area contributed by atoms with Crippen LogP contribution in [-0.4, -0.2) is 51.3 Å². The van der Waals surface area contributed by atoms with Crippen molar-refractivity contribution in [1.82, 2.24) is 14.8 Å². The molecule has 0 saturated carbocycles. The van der Waals surface area contributed by atoms with Gasteiger partial charge in [-0.1, -0.05) is 11.6 Å². The van der Waals surface area contributed by atoms with Crippen molar-refractivity contribution >= 4 is 35.0 Å². The number of pyridine rings is 1. The molecule has 0 N–H and O–H groups in total. The number of rotatable bonds is 9. The Kier molecular flexibility index (Phi) is 7.77. The molecule has 26 heavy (non-hydrogen) atoms. The van der Waals surface area contributed by atoms with E-state index < -0.39 is 12.6 Å². The normalized spacial score (nSPS) is 12.4. The van der Waals surface area contributed by atoms with Crippen molar-refractivity contribution in [1.29, 1.82) is 0 Å². The smallest absolute Gasteiger partial charge is 0.270 e. The lowest BCUT2D eigenvalue weighted by atomic mass is 10.3. The molecule has 142 valence electrons. The third kappa shape index (κ3) is 5.38. The second-order valence-corrected chi connectivity index (χ2v) is 6.78. The summed E-state index contributed by atoms with van der Waals surface area (Å²) < 4.78 is 38.6. The summed E-state index contributed by atoms with van der Waals surface area (Å²) in [6.07, 6.45) is -0.221. The van der Waals surface area contributed by atoms with E-state index in [1.54, 1.807) is 37.6 Å². The molecule has 0 saturated heterocycles. The fourth-order valence-corrected chi connectivity index (χ4v) is 3.28. The molecular weight excluding hydrogens is 389 g/mol. The number of alkyl halides is 3. The highest BCUT2D eigenvalue weighted by Crippen LogP contribution is 2.26. The van der Waals surface area contributed by atoms with Crippen LogP contribution in [0.25, 0.3) is 5.69 Å². The molecule has 0 bridgehead atoms. The van der Waals surface area contributed by atoms with Crippen LogP contribution in [0.15, 0.2) is 30.7 Å². The van der Waals surface area contributed by atoms with Crippen molar-refractivity contribution < 1.29 is 18.0 Å². The third-order valence-electron chi connectivity index (χ3n) is 3.48. The van der Waals surface area contributed by atoms with Crippen LogP contribution in [-0.2, 0) is 4.79 Å². The zero-order valence-corrected chi connectivity index (χ0v) is 15.6. The maximum Gasteiger partial charge on any atom is 0.270 e. The molecule has 0 spiro atoms. The van der Waals surface area contributed by atoms with E-state index in [1.807, 2.05) is 0 Å². The van der Waals surface area contributed by atoms with Crippen molar-refractivity contribution in [2.45, 2.75) is 25.9 Å². The van der Waals surface area contributed by atoms with Gasteiger partial charge in [-0.3, -0.25) is 9.78 Å². The molecule has 2 heterocycles. The van der Waals surface area contributed by atoms with Gasteiger partial charge in [0.15, 0.2) is 11.3 Å². The predicted octanol–water partition coefficient (Wildman–Crippen LogP) is 4.00. The molecule has 0 fully saturated rings. The molecular formula is C16H18ClF3N4OS. The Bertz CT molecular complexity index is 717. The van der Waals surface area contributed by atoms with Gasteiger partial charge in [-0.15, -0.1) is 0 Å². The fourth-order valence-electron chi connectivity index (χ4n) is 2.19. The van der Waals surface area contributed by atoms with Gasteiger partial charge in [-0.2, -0.15) is 16.9 Å². The standard InChI is InChI=1S/C16H18ClF3N4OS/c1-2-23(14(25)5-7-26-10-12(18)16(19)20)13-9-24(22-15(13)17)11-4-3-6-21-8-11/h3-4,6,8-9,12,16H,2,5,7,10H2,1H3. The second-order valence-electron chi connectivity index (χ2n) is 5.27. The van der Waals surface area contributed by atoms with E-state index >= 15 is 0 Å². The summed E-state index contributed by atoms with van der Waals surface area (Å²) in [5.74, 6) is -0.326. The number of amides is 1. The minimum absolute atomic E-state index is 0.0862. The topological polar surface area (TPSA) is 51.0 Å². The Morgan fingerprint density at radius 3 is 2.81 bits per heavy atom. The molecule has 1 unspecified atom stereocenters. The first-order valence-corrected chi connectivity index (χ1v) is 9.43. The molecule has 2 aromatic rings. The quantitative estimate of drug-likeness (QED) is 0.591. The molecule has 1 atom stereocenters. The number of halogens is 4. The van der Waals surface area contributed by atoms with Crippen LogP contribution in [0, 0.1) is 0 Å². The Balaban J connectivity index is 1.99. The molecule has 0 aliphatic rings. The maximum absolute atomic E-state index is 12.9. The van der Waals surface area contributed by atoms with E-state index in [1.165, 1.54) is 9.58 Å². The van der Waals surface area contributed by atoms with Crippen LogP contribution >= 0.6 is 23.4 Å². The van der Waals surface area contributed by atoms with Gasteiger partial charge in [0.1, 0.15) is 5.69 Å². The largest absolute Gasteiger partial charge is 0.308 e. The summed E-state index contributed by atoms with van der Waals surface area (Å²) in [5.41, 5.74) is 1.14. The summed E-state index contributed by atoms with van der Waals surface area (Å²) in [5, 5.41) is 4.35. The Hall–Kier alpha value is -1.74. The van der Waals surface area contributed by atoms with Crippen LogP contribution in [0.2, 0.25) is 5.15 Å². The average molecular weight is 407 g/mol. The number of hydrogen-bond donors (Lipinski definition) is 0.